The number of nitrogens with zero attached hydrogens (tertiary/aromatic N) is 1. The Morgan fingerprint density at radius 2 is 1.57 bits per heavy atom. The van der Waals surface area contributed by atoms with Gasteiger partial charge in [-0.15, -0.1) is 0 Å². The van der Waals surface area contributed by atoms with Crippen LogP contribution in [0, 0.1) is 11.2 Å². The number of fused-ring (bicyclic) bond motifs is 1. The van der Waals surface area contributed by atoms with Gasteiger partial charge in [0.15, 0.2) is 0 Å². The van der Waals surface area contributed by atoms with Crippen molar-refractivity contribution in [1.82, 2.24) is 9.29 Å². The van der Waals surface area contributed by atoms with Gasteiger partial charge in [-0.3, -0.25) is 0 Å². The summed E-state index contributed by atoms with van der Waals surface area (Å²) in [7, 11) is 0. The Morgan fingerprint density at radius 1 is 0.943 bits per heavy atom. The fraction of sp³-hybridized carbons (Fsp3) is 0.440. The number of hydrogen-bond acceptors (Lipinski definition) is 2. The summed E-state index contributed by atoms with van der Waals surface area (Å²) >= 11 is 0.903. The fourth-order valence-electron chi connectivity index (χ4n) is 3.89. The predicted molar refractivity (Wildman–Crippen MR) is 126 cm³/mol. The third-order valence-electron chi connectivity index (χ3n) is 5.23. The van der Waals surface area contributed by atoms with Crippen molar-refractivity contribution in [3.8, 4) is 11.1 Å². The lowest BCUT2D eigenvalue weighted by Crippen LogP contribution is -2.31. The number of hydrogen-bond donors (Lipinski definition) is 1. The molecule has 3 aromatic rings. The van der Waals surface area contributed by atoms with Gasteiger partial charge < -0.3 is 4.57 Å². The normalized spacial score (nSPS) is 14.2. The molecular formula is C25H27F7N2S. The van der Waals surface area contributed by atoms with Crippen LogP contribution in [-0.4, -0.2) is 16.0 Å². The summed E-state index contributed by atoms with van der Waals surface area (Å²) in [5.74, 6) is -1.03. The van der Waals surface area contributed by atoms with Crippen molar-refractivity contribution in [2.75, 3.05) is 0 Å². The van der Waals surface area contributed by atoms with E-state index in [1.807, 2.05) is 20.8 Å². The first-order chi connectivity index (χ1) is 16.0. The molecule has 1 atom stereocenters. The first kappa shape index (κ1) is 27.4. The van der Waals surface area contributed by atoms with E-state index in [2.05, 4.69) is 4.72 Å². The van der Waals surface area contributed by atoms with Gasteiger partial charge in [-0.1, -0.05) is 64.8 Å². The maximum atomic E-state index is 15.3. The standard InChI is InChI=1S/C25H27F7N2S/c1-14(2)35-33-22(25(30,31)32)18-12-34(13-23(3,4)5)21-11-16(20(26)10-17(18)21)15-8-6-7-9-19(15)24(27,28)29/h6-12,14,22,33H,13H2,1-5H3. The minimum Gasteiger partial charge on any atom is -0.347 e. The summed E-state index contributed by atoms with van der Waals surface area (Å²) in [5.41, 5.74) is -2.03. The van der Waals surface area contributed by atoms with E-state index in [0.717, 1.165) is 30.1 Å². The summed E-state index contributed by atoms with van der Waals surface area (Å²) in [4.78, 5) is 0. The van der Waals surface area contributed by atoms with Gasteiger partial charge in [0, 0.05) is 40.0 Å². The lowest BCUT2D eigenvalue weighted by atomic mass is 9.95. The van der Waals surface area contributed by atoms with Crippen molar-refractivity contribution in [3.63, 3.8) is 0 Å². The first-order valence-corrected chi connectivity index (χ1v) is 11.8. The van der Waals surface area contributed by atoms with E-state index < -0.39 is 29.8 Å². The minimum atomic E-state index is -4.73. The van der Waals surface area contributed by atoms with E-state index in [0.29, 0.717) is 0 Å². The summed E-state index contributed by atoms with van der Waals surface area (Å²) < 4.78 is 102. The second-order valence-electron chi connectivity index (χ2n) is 9.92. The summed E-state index contributed by atoms with van der Waals surface area (Å²) in [6.45, 7) is 9.40. The van der Waals surface area contributed by atoms with Crippen LogP contribution in [0.3, 0.4) is 0 Å². The molecule has 0 spiro atoms. The molecule has 10 heteroatoms. The molecule has 0 aliphatic rings. The topological polar surface area (TPSA) is 17.0 Å². The number of benzene rings is 2. The molecule has 35 heavy (non-hydrogen) atoms. The summed E-state index contributed by atoms with van der Waals surface area (Å²) in [5, 5.41) is -0.149. The van der Waals surface area contributed by atoms with Gasteiger partial charge in [-0.2, -0.15) is 26.3 Å². The zero-order valence-corrected chi connectivity index (χ0v) is 20.7. The van der Waals surface area contributed by atoms with Crippen LogP contribution in [-0.2, 0) is 12.7 Å². The zero-order valence-electron chi connectivity index (χ0n) is 19.9. The second-order valence-corrected chi connectivity index (χ2v) is 11.3. The Morgan fingerprint density at radius 3 is 2.11 bits per heavy atom. The Bertz CT molecular complexity index is 1190. The molecule has 0 amide bonds. The van der Waals surface area contributed by atoms with Crippen LogP contribution in [0.5, 0.6) is 0 Å². The molecule has 192 valence electrons. The highest BCUT2D eigenvalue weighted by molar-refractivity contribution is 7.98. The van der Waals surface area contributed by atoms with Gasteiger partial charge in [-0.05, 0) is 29.2 Å². The molecule has 1 N–H and O–H groups in total. The smallest absolute Gasteiger partial charge is 0.347 e. The van der Waals surface area contributed by atoms with Crippen molar-refractivity contribution < 1.29 is 30.7 Å². The molecule has 0 bridgehead atoms. The van der Waals surface area contributed by atoms with E-state index in [9.17, 15) is 26.3 Å². The number of rotatable bonds is 6. The van der Waals surface area contributed by atoms with Crippen molar-refractivity contribution in [3.05, 3.63) is 59.5 Å². The molecule has 3 rings (SSSR count). The SMILES string of the molecule is CC(C)SNC(c1cn(CC(C)(C)C)c2cc(-c3ccccc3C(F)(F)F)c(F)cc12)C(F)(F)F. The van der Waals surface area contributed by atoms with Crippen LogP contribution >= 0.6 is 11.9 Å². The highest BCUT2D eigenvalue weighted by atomic mass is 32.2. The summed E-state index contributed by atoms with van der Waals surface area (Å²) in [6, 6.07) is 4.61. The van der Waals surface area contributed by atoms with Gasteiger partial charge in [-0.25, -0.2) is 9.11 Å². The van der Waals surface area contributed by atoms with Crippen LogP contribution in [0.4, 0.5) is 30.7 Å². The molecule has 1 aromatic heterocycles. The van der Waals surface area contributed by atoms with Crippen LogP contribution in [0.25, 0.3) is 22.0 Å². The minimum absolute atomic E-state index is 0.000768. The Labute approximate surface area is 204 Å². The number of halogens is 7. The Kier molecular flexibility index (Phi) is 7.58. The lowest BCUT2D eigenvalue weighted by molar-refractivity contribution is -0.152. The molecule has 2 nitrogen and oxygen atoms in total. The lowest BCUT2D eigenvalue weighted by Gasteiger charge is -2.22. The molecule has 1 unspecified atom stereocenters. The van der Waals surface area contributed by atoms with Gasteiger partial charge in [0.1, 0.15) is 11.9 Å². The van der Waals surface area contributed by atoms with Gasteiger partial charge >= 0.3 is 12.4 Å². The quantitative estimate of drug-likeness (QED) is 0.258. The average molecular weight is 521 g/mol. The van der Waals surface area contributed by atoms with Crippen molar-refractivity contribution in [2.45, 2.75) is 64.8 Å². The zero-order chi connectivity index (χ0) is 26.3. The highest BCUT2D eigenvalue weighted by Crippen LogP contribution is 2.43. The number of alkyl halides is 6. The number of aromatic nitrogens is 1. The third-order valence-corrected chi connectivity index (χ3v) is 6.07. The average Bonchev–Trinajstić information content (AvgIpc) is 3.00. The molecule has 0 saturated heterocycles. The molecule has 0 fully saturated rings. The maximum Gasteiger partial charge on any atom is 0.417 e. The molecule has 2 aromatic carbocycles. The Balaban J connectivity index is 2.30. The second kappa shape index (κ2) is 9.69. The predicted octanol–water partition coefficient (Wildman–Crippen LogP) is 8.76. The van der Waals surface area contributed by atoms with Gasteiger partial charge in [0.05, 0.1) is 5.56 Å². The van der Waals surface area contributed by atoms with Gasteiger partial charge in [0.2, 0.25) is 0 Å². The monoisotopic (exact) mass is 520 g/mol. The van der Waals surface area contributed by atoms with Crippen LogP contribution < -0.4 is 4.72 Å². The first-order valence-electron chi connectivity index (χ1n) is 11.0. The van der Waals surface area contributed by atoms with Crippen molar-refractivity contribution in [2.24, 2.45) is 5.41 Å². The number of nitrogens with one attached hydrogen (secondary N) is 1. The van der Waals surface area contributed by atoms with E-state index in [4.69, 9.17) is 0 Å². The Hall–Kier alpha value is -2.20. The van der Waals surface area contributed by atoms with Crippen LogP contribution in [0.15, 0.2) is 42.6 Å². The summed E-state index contributed by atoms with van der Waals surface area (Å²) in [6.07, 6.45) is -8.09. The molecule has 0 saturated carbocycles. The largest absolute Gasteiger partial charge is 0.417 e. The highest BCUT2D eigenvalue weighted by Gasteiger charge is 2.43. The van der Waals surface area contributed by atoms with Crippen LogP contribution in [0.1, 0.15) is 51.8 Å². The van der Waals surface area contributed by atoms with Crippen molar-refractivity contribution >= 4 is 22.9 Å². The molecule has 1 heterocycles. The van der Waals surface area contributed by atoms with Crippen molar-refractivity contribution in [1.29, 1.82) is 0 Å². The van der Waals surface area contributed by atoms with Crippen LogP contribution in [0.2, 0.25) is 0 Å². The third kappa shape index (κ3) is 6.33. The van der Waals surface area contributed by atoms with Gasteiger partial charge in [0.25, 0.3) is 0 Å². The van der Waals surface area contributed by atoms with E-state index in [1.165, 1.54) is 24.4 Å². The molecular weight excluding hydrogens is 493 g/mol. The van der Waals surface area contributed by atoms with E-state index in [-0.39, 0.29) is 44.8 Å². The van der Waals surface area contributed by atoms with E-state index in [1.54, 1.807) is 18.4 Å². The molecule has 0 aliphatic carbocycles. The molecule has 0 radical (unpaired) electrons. The fourth-order valence-corrected chi connectivity index (χ4v) is 4.56. The molecule has 0 aliphatic heterocycles. The maximum absolute atomic E-state index is 15.3. The van der Waals surface area contributed by atoms with E-state index >= 15 is 4.39 Å².